The Morgan fingerprint density at radius 3 is 2.88 bits per heavy atom. The summed E-state index contributed by atoms with van der Waals surface area (Å²) in [6.07, 6.45) is 0. The maximum atomic E-state index is 12.0. The van der Waals surface area contributed by atoms with E-state index in [0.29, 0.717) is 12.1 Å². The summed E-state index contributed by atoms with van der Waals surface area (Å²) >= 11 is 5.55. The van der Waals surface area contributed by atoms with Crippen molar-refractivity contribution in [2.45, 2.75) is 6.92 Å². The van der Waals surface area contributed by atoms with Gasteiger partial charge in [0.25, 0.3) is 5.91 Å². The highest BCUT2D eigenvalue weighted by molar-refractivity contribution is 14.1. The smallest absolute Gasteiger partial charge is 0.252 e. The summed E-state index contributed by atoms with van der Waals surface area (Å²) in [5.41, 5.74) is 0.816. The molecule has 0 saturated carbocycles. The summed E-state index contributed by atoms with van der Waals surface area (Å²) in [5, 5.41) is 2.96. The summed E-state index contributed by atoms with van der Waals surface area (Å²) in [4.78, 5) is 12.0. The molecule has 0 aliphatic carbocycles. The van der Waals surface area contributed by atoms with Gasteiger partial charge < -0.3 is 10.1 Å². The molecule has 0 atom stereocenters. The molecule has 1 fully saturated rings. The SMILES string of the molecule is CC1(CNC(=O)c2cc(Br)ccc2I)COC1. The van der Waals surface area contributed by atoms with Gasteiger partial charge in [0, 0.05) is 20.0 Å². The van der Waals surface area contributed by atoms with Crippen LogP contribution in [0, 0.1) is 8.99 Å². The second-order valence-corrected chi connectivity index (χ2v) is 6.69. The van der Waals surface area contributed by atoms with Crippen molar-refractivity contribution in [3.63, 3.8) is 0 Å². The van der Waals surface area contributed by atoms with Crippen LogP contribution in [-0.4, -0.2) is 25.7 Å². The molecule has 0 spiro atoms. The molecular formula is C12H13BrINO2. The predicted molar refractivity (Wildman–Crippen MR) is 78.1 cm³/mol. The lowest BCUT2D eigenvalue weighted by atomic mass is 9.89. The number of halogens is 2. The van der Waals surface area contributed by atoms with Gasteiger partial charge in [0.2, 0.25) is 0 Å². The summed E-state index contributed by atoms with van der Waals surface area (Å²) in [6.45, 7) is 4.22. The molecule has 17 heavy (non-hydrogen) atoms. The minimum absolute atomic E-state index is 0.0242. The highest BCUT2D eigenvalue weighted by atomic mass is 127. The Labute approximate surface area is 123 Å². The molecule has 1 saturated heterocycles. The molecule has 92 valence electrons. The quantitative estimate of drug-likeness (QED) is 0.779. The number of ether oxygens (including phenoxy) is 1. The van der Waals surface area contributed by atoms with Crippen molar-refractivity contribution in [3.05, 3.63) is 31.8 Å². The number of benzene rings is 1. The fourth-order valence-corrected chi connectivity index (χ4v) is 2.55. The Balaban J connectivity index is 2.01. The summed E-state index contributed by atoms with van der Waals surface area (Å²) in [7, 11) is 0. The third kappa shape index (κ3) is 3.20. The van der Waals surface area contributed by atoms with Crippen molar-refractivity contribution in [1.29, 1.82) is 0 Å². The normalized spacial score (nSPS) is 17.4. The number of nitrogens with one attached hydrogen (secondary N) is 1. The number of amides is 1. The second kappa shape index (κ2) is 5.24. The van der Waals surface area contributed by atoms with Crippen molar-refractivity contribution < 1.29 is 9.53 Å². The number of hydrogen-bond donors (Lipinski definition) is 1. The molecule has 0 aromatic heterocycles. The number of carbonyl (C=O) groups is 1. The number of rotatable bonds is 3. The molecule has 1 aromatic rings. The van der Waals surface area contributed by atoms with E-state index >= 15 is 0 Å². The van der Waals surface area contributed by atoms with Crippen LogP contribution in [-0.2, 0) is 4.74 Å². The van der Waals surface area contributed by atoms with Crippen LogP contribution >= 0.6 is 38.5 Å². The molecule has 0 radical (unpaired) electrons. The average Bonchev–Trinajstić information content (AvgIpc) is 2.26. The second-order valence-electron chi connectivity index (χ2n) is 4.61. The van der Waals surface area contributed by atoms with E-state index in [1.165, 1.54) is 0 Å². The molecule has 1 N–H and O–H groups in total. The van der Waals surface area contributed by atoms with Gasteiger partial charge >= 0.3 is 0 Å². The zero-order valence-corrected chi connectivity index (χ0v) is 13.2. The van der Waals surface area contributed by atoms with Gasteiger partial charge in [-0.05, 0) is 40.8 Å². The zero-order valence-electron chi connectivity index (χ0n) is 9.43. The third-order valence-corrected chi connectivity index (χ3v) is 4.18. The highest BCUT2D eigenvalue weighted by Gasteiger charge is 2.33. The van der Waals surface area contributed by atoms with E-state index in [1.54, 1.807) is 0 Å². The molecule has 2 rings (SSSR count). The summed E-state index contributed by atoms with van der Waals surface area (Å²) < 4.78 is 7.03. The summed E-state index contributed by atoms with van der Waals surface area (Å²) in [5.74, 6) is -0.0242. The van der Waals surface area contributed by atoms with E-state index in [2.05, 4.69) is 50.8 Å². The van der Waals surface area contributed by atoms with E-state index in [9.17, 15) is 4.79 Å². The molecule has 1 amide bonds. The largest absolute Gasteiger partial charge is 0.380 e. The van der Waals surface area contributed by atoms with Gasteiger partial charge in [-0.15, -0.1) is 0 Å². The lowest BCUT2D eigenvalue weighted by Crippen LogP contribution is -2.48. The van der Waals surface area contributed by atoms with Crippen LogP contribution in [0.2, 0.25) is 0 Å². The van der Waals surface area contributed by atoms with Crippen LogP contribution in [0.5, 0.6) is 0 Å². The van der Waals surface area contributed by atoms with Crippen molar-refractivity contribution in [2.75, 3.05) is 19.8 Å². The monoisotopic (exact) mass is 409 g/mol. The molecular weight excluding hydrogens is 397 g/mol. The molecule has 3 nitrogen and oxygen atoms in total. The van der Waals surface area contributed by atoms with Crippen molar-refractivity contribution >= 4 is 44.4 Å². The lowest BCUT2D eigenvalue weighted by Gasteiger charge is -2.38. The number of hydrogen-bond acceptors (Lipinski definition) is 2. The Kier molecular flexibility index (Phi) is 4.10. The van der Waals surface area contributed by atoms with Crippen LogP contribution in [0.25, 0.3) is 0 Å². The van der Waals surface area contributed by atoms with Gasteiger partial charge in [-0.1, -0.05) is 22.9 Å². The zero-order chi connectivity index (χ0) is 12.5. The first kappa shape index (κ1) is 13.3. The van der Waals surface area contributed by atoms with Gasteiger partial charge in [-0.2, -0.15) is 0 Å². The van der Waals surface area contributed by atoms with E-state index < -0.39 is 0 Å². The highest BCUT2D eigenvalue weighted by Crippen LogP contribution is 2.25. The standard InChI is InChI=1S/C12H13BrINO2/c1-12(6-17-7-12)5-15-11(16)9-4-8(13)2-3-10(9)14/h2-4H,5-7H2,1H3,(H,15,16). The Morgan fingerprint density at radius 2 is 2.29 bits per heavy atom. The molecule has 5 heteroatoms. The van der Waals surface area contributed by atoms with Crippen LogP contribution in [0.4, 0.5) is 0 Å². The van der Waals surface area contributed by atoms with E-state index in [4.69, 9.17) is 4.74 Å². The van der Waals surface area contributed by atoms with E-state index in [1.807, 2.05) is 18.2 Å². The minimum Gasteiger partial charge on any atom is -0.380 e. The molecule has 1 aliphatic heterocycles. The summed E-state index contributed by atoms with van der Waals surface area (Å²) in [6, 6.07) is 5.70. The van der Waals surface area contributed by atoms with E-state index in [-0.39, 0.29) is 11.3 Å². The molecule has 1 heterocycles. The van der Waals surface area contributed by atoms with Gasteiger partial charge in [0.05, 0.1) is 18.8 Å². The van der Waals surface area contributed by atoms with Crippen LogP contribution in [0.15, 0.2) is 22.7 Å². The lowest BCUT2D eigenvalue weighted by molar-refractivity contribution is -0.0978. The van der Waals surface area contributed by atoms with E-state index in [0.717, 1.165) is 21.3 Å². The van der Waals surface area contributed by atoms with Crippen molar-refractivity contribution in [2.24, 2.45) is 5.41 Å². The van der Waals surface area contributed by atoms with Gasteiger partial charge in [-0.25, -0.2) is 0 Å². The fraction of sp³-hybridized carbons (Fsp3) is 0.417. The minimum atomic E-state index is -0.0242. The molecule has 0 unspecified atom stereocenters. The molecule has 1 aliphatic rings. The van der Waals surface area contributed by atoms with Gasteiger partial charge in [0.15, 0.2) is 0 Å². The Hall–Kier alpha value is -0.140. The maximum Gasteiger partial charge on any atom is 0.252 e. The van der Waals surface area contributed by atoms with Crippen LogP contribution in [0.3, 0.4) is 0 Å². The molecule has 0 bridgehead atoms. The Bertz CT molecular complexity index is 446. The Morgan fingerprint density at radius 1 is 1.59 bits per heavy atom. The predicted octanol–water partition coefficient (Wildman–Crippen LogP) is 2.82. The van der Waals surface area contributed by atoms with Crippen LogP contribution < -0.4 is 5.32 Å². The first-order valence-electron chi connectivity index (χ1n) is 5.31. The topological polar surface area (TPSA) is 38.3 Å². The van der Waals surface area contributed by atoms with Crippen molar-refractivity contribution in [3.8, 4) is 0 Å². The van der Waals surface area contributed by atoms with Gasteiger partial charge in [0.1, 0.15) is 0 Å². The average molecular weight is 410 g/mol. The fourth-order valence-electron chi connectivity index (χ4n) is 1.61. The maximum absolute atomic E-state index is 12.0. The van der Waals surface area contributed by atoms with Crippen LogP contribution in [0.1, 0.15) is 17.3 Å². The van der Waals surface area contributed by atoms with Crippen molar-refractivity contribution in [1.82, 2.24) is 5.32 Å². The third-order valence-electron chi connectivity index (χ3n) is 2.75. The first-order valence-corrected chi connectivity index (χ1v) is 7.18. The number of carbonyl (C=O) groups excluding carboxylic acids is 1. The van der Waals surface area contributed by atoms with Gasteiger partial charge in [-0.3, -0.25) is 4.79 Å². The molecule has 1 aromatic carbocycles. The first-order chi connectivity index (χ1) is 8.00.